The van der Waals surface area contributed by atoms with E-state index < -0.39 is 23.6 Å². The molecule has 1 aromatic heterocycles. The van der Waals surface area contributed by atoms with E-state index in [-0.39, 0.29) is 34.0 Å². The van der Waals surface area contributed by atoms with Gasteiger partial charge in [-0.1, -0.05) is 30.3 Å². The third-order valence-electron chi connectivity index (χ3n) is 5.87. The normalized spacial score (nSPS) is 11.6. The average Bonchev–Trinajstić information content (AvgIpc) is 3.25. The van der Waals surface area contributed by atoms with E-state index in [0.29, 0.717) is 5.56 Å². The second-order valence-corrected chi connectivity index (χ2v) is 10.1. The zero-order valence-corrected chi connectivity index (χ0v) is 23.2. The van der Waals surface area contributed by atoms with Crippen LogP contribution in [0.2, 0.25) is 0 Å². The summed E-state index contributed by atoms with van der Waals surface area (Å²) < 4.78 is 48.6. The predicted octanol–water partition coefficient (Wildman–Crippen LogP) is 7.23. The first-order valence-electron chi connectivity index (χ1n) is 12.1. The van der Waals surface area contributed by atoms with Gasteiger partial charge in [-0.25, -0.2) is 0 Å². The Kier molecular flexibility index (Phi) is 9.80. The third kappa shape index (κ3) is 7.59. The van der Waals surface area contributed by atoms with Crippen LogP contribution in [0.25, 0.3) is 0 Å². The number of benzene rings is 2. The van der Waals surface area contributed by atoms with Gasteiger partial charge in [-0.15, -0.1) is 0 Å². The van der Waals surface area contributed by atoms with Gasteiger partial charge >= 0.3 is 12.1 Å². The van der Waals surface area contributed by atoms with Crippen LogP contribution in [0.1, 0.15) is 66.1 Å². The largest absolute Gasteiger partial charge is 0.466 e. The molecule has 0 saturated carbocycles. The number of hydrogen-bond donors (Lipinski definition) is 1. The van der Waals surface area contributed by atoms with Crippen LogP contribution < -0.4 is 5.32 Å². The van der Waals surface area contributed by atoms with Gasteiger partial charge in [0.1, 0.15) is 5.69 Å². The number of alkyl halides is 3. The van der Waals surface area contributed by atoms with Gasteiger partial charge in [0.05, 0.1) is 24.3 Å². The lowest BCUT2D eigenvalue weighted by Crippen LogP contribution is -2.22. The molecule has 0 aliphatic rings. The average molecular weight is 626 g/mol. The summed E-state index contributed by atoms with van der Waals surface area (Å²) in [7, 11) is 0. The summed E-state index contributed by atoms with van der Waals surface area (Å²) in [4.78, 5) is 25.2. The number of carbonyl (C=O) groups excluding carboxylic acids is 2. The smallest absolute Gasteiger partial charge is 0.418 e. The van der Waals surface area contributed by atoms with Gasteiger partial charge < -0.3 is 14.6 Å². The molecule has 0 radical (unpaired) electrons. The van der Waals surface area contributed by atoms with Crippen molar-refractivity contribution in [1.82, 2.24) is 4.57 Å². The highest BCUT2D eigenvalue weighted by atomic mass is 127. The number of aryl methyl sites for hydroxylation is 2. The Balaban J connectivity index is 1.86. The van der Waals surface area contributed by atoms with Gasteiger partial charge in [0.15, 0.2) is 0 Å². The number of aromatic nitrogens is 1. The number of carbonyl (C=O) groups is 2. The highest BCUT2D eigenvalue weighted by Gasteiger charge is 2.35. The van der Waals surface area contributed by atoms with Crippen molar-refractivity contribution in [3.05, 3.63) is 86.2 Å². The van der Waals surface area contributed by atoms with Gasteiger partial charge in [0, 0.05) is 15.3 Å². The summed E-state index contributed by atoms with van der Waals surface area (Å²) in [6.07, 6.45) is -2.41. The van der Waals surface area contributed by atoms with Gasteiger partial charge in [0.25, 0.3) is 5.91 Å². The van der Waals surface area contributed by atoms with Crippen molar-refractivity contribution < 1.29 is 27.5 Å². The lowest BCUT2D eigenvalue weighted by atomic mass is 10.1. The predicted molar refractivity (Wildman–Crippen MR) is 146 cm³/mol. The fraction of sp³-hybridized carbons (Fsp3) is 0.357. The maximum atomic E-state index is 13.8. The van der Waals surface area contributed by atoms with Crippen LogP contribution in [0, 0.1) is 3.57 Å². The molecule has 1 heterocycles. The Bertz CT molecular complexity index is 1240. The molecule has 1 amide bonds. The van der Waals surface area contributed by atoms with Crippen LogP contribution in [0.15, 0.2) is 54.6 Å². The number of nitrogens with one attached hydrogen (secondary N) is 1. The van der Waals surface area contributed by atoms with E-state index in [0.717, 1.165) is 31.0 Å². The van der Waals surface area contributed by atoms with Crippen LogP contribution >= 0.6 is 22.6 Å². The number of rotatable bonds is 10. The van der Waals surface area contributed by atoms with Crippen LogP contribution in [0.5, 0.6) is 0 Å². The molecule has 5 nitrogen and oxygen atoms in total. The number of hydrogen-bond acceptors (Lipinski definition) is 3. The second-order valence-electron chi connectivity index (χ2n) is 8.94. The Morgan fingerprint density at radius 1 is 1.05 bits per heavy atom. The van der Waals surface area contributed by atoms with Crippen LogP contribution in [-0.4, -0.2) is 23.1 Å². The summed E-state index contributed by atoms with van der Waals surface area (Å²) in [6, 6.07) is 15.7. The van der Waals surface area contributed by atoms with E-state index in [2.05, 4.69) is 17.4 Å². The zero-order chi connectivity index (χ0) is 27.2. The summed E-state index contributed by atoms with van der Waals surface area (Å²) in [5.74, 6) is -1.19. The molecule has 0 fully saturated rings. The molecule has 198 valence electrons. The van der Waals surface area contributed by atoms with Crippen molar-refractivity contribution >= 4 is 40.2 Å². The van der Waals surface area contributed by atoms with E-state index in [1.54, 1.807) is 35.6 Å². The Morgan fingerprint density at radius 2 is 1.76 bits per heavy atom. The molecule has 0 aliphatic carbocycles. The SMILES string of the molecule is CCOC(=O)Cc1cc(NC(=O)c2ccc(CCCc3ccccc3)n2C(C)C)c(C(F)(F)F)cc1I. The molecule has 9 heteroatoms. The van der Waals surface area contributed by atoms with Crippen LogP contribution in [-0.2, 0) is 35.0 Å². The van der Waals surface area contributed by atoms with Crippen molar-refractivity contribution in [2.75, 3.05) is 11.9 Å². The molecule has 0 saturated heterocycles. The first-order chi connectivity index (χ1) is 17.5. The Hall–Kier alpha value is -2.82. The molecular weight excluding hydrogens is 596 g/mol. The standard InChI is InChI=1S/C28H30F3IN2O3/c1-4-37-26(35)16-20-15-24(22(17-23(20)32)28(29,30)31)33-27(36)25-14-13-21(34(25)18(2)3)12-8-11-19-9-6-5-7-10-19/h5-7,9-10,13-15,17-18H,4,8,11-12,16H2,1-3H3,(H,33,36). The minimum atomic E-state index is -4.69. The maximum Gasteiger partial charge on any atom is 0.418 e. The minimum absolute atomic E-state index is 0.0688. The molecule has 0 aliphatic heterocycles. The molecule has 0 atom stereocenters. The zero-order valence-electron chi connectivity index (χ0n) is 21.0. The third-order valence-corrected chi connectivity index (χ3v) is 6.88. The number of amides is 1. The Morgan fingerprint density at radius 3 is 2.38 bits per heavy atom. The monoisotopic (exact) mass is 626 g/mol. The Labute approximate surface area is 228 Å². The lowest BCUT2D eigenvalue weighted by molar-refractivity contribution is -0.142. The minimum Gasteiger partial charge on any atom is -0.466 e. The van der Waals surface area contributed by atoms with E-state index in [1.807, 2.05) is 42.7 Å². The van der Waals surface area contributed by atoms with E-state index >= 15 is 0 Å². The molecule has 2 aromatic carbocycles. The van der Waals surface area contributed by atoms with Crippen LogP contribution in [0.3, 0.4) is 0 Å². The molecule has 37 heavy (non-hydrogen) atoms. The molecule has 3 rings (SSSR count). The quantitative estimate of drug-likeness (QED) is 0.191. The van der Waals surface area contributed by atoms with Crippen molar-refractivity contribution in [2.45, 2.75) is 58.7 Å². The van der Waals surface area contributed by atoms with Gasteiger partial charge in [-0.3, -0.25) is 9.59 Å². The molecular formula is C28H30F3IN2O3. The fourth-order valence-electron chi connectivity index (χ4n) is 4.25. The number of ether oxygens (including phenoxy) is 1. The summed E-state index contributed by atoms with van der Waals surface area (Å²) in [5, 5.41) is 2.46. The van der Waals surface area contributed by atoms with Crippen molar-refractivity contribution in [3.8, 4) is 0 Å². The highest BCUT2D eigenvalue weighted by molar-refractivity contribution is 14.1. The lowest BCUT2D eigenvalue weighted by Gasteiger charge is -2.19. The van der Waals surface area contributed by atoms with E-state index in [4.69, 9.17) is 4.74 Å². The van der Waals surface area contributed by atoms with Crippen molar-refractivity contribution in [3.63, 3.8) is 0 Å². The first-order valence-corrected chi connectivity index (χ1v) is 13.2. The number of halogens is 4. The topological polar surface area (TPSA) is 60.3 Å². The van der Waals surface area contributed by atoms with Gasteiger partial charge in [0.2, 0.25) is 0 Å². The van der Waals surface area contributed by atoms with Gasteiger partial charge in [-0.2, -0.15) is 13.2 Å². The summed E-state index contributed by atoms with van der Waals surface area (Å²) in [6.45, 7) is 5.68. The molecule has 0 unspecified atom stereocenters. The van der Waals surface area contributed by atoms with Gasteiger partial charge in [-0.05, 0) is 98.0 Å². The molecule has 1 N–H and O–H groups in total. The number of esters is 1. The van der Waals surface area contributed by atoms with E-state index in [1.165, 1.54) is 11.6 Å². The number of nitrogens with zero attached hydrogens (tertiary/aromatic N) is 1. The molecule has 0 spiro atoms. The number of anilines is 1. The summed E-state index contributed by atoms with van der Waals surface area (Å²) in [5.41, 5.74) is 1.44. The van der Waals surface area contributed by atoms with Crippen molar-refractivity contribution in [2.24, 2.45) is 0 Å². The first kappa shape index (κ1) is 28.7. The van der Waals surface area contributed by atoms with Crippen LogP contribution in [0.4, 0.5) is 18.9 Å². The summed E-state index contributed by atoms with van der Waals surface area (Å²) >= 11 is 1.76. The van der Waals surface area contributed by atoms with E-state index in [9.17, 15) is 22.8 Å². The molecule has 0 bridgehead atoms. The second kappa shape index (κ2) is 12.6. The fourth-order valence-corrected chi connectivity index (χ4v) is 4.91. The molecule has 3 aromatic rings. The highest BCUT2D eigenvalue weighted by Crippen LogP contribution is 2.37. The maximum absolute atomic E-state index is 13.8. The van der Waals surface area contributed by atoms with Crippen molar-refractivity contribution in [1.29, 1.82) is 0 Å².